The van der Waals surface area contributed by atoms with Gasteiger partial charge in [-0.2, -0.15) is 8.42 Å². The van der Waals surface area contributed by atoms with Crippen molar-refractivity contribution >= 4 is 26.9 Å². The topological polar surface area (TPSA) is 55.7 Å². The summed E-state index contributed by atoms with van der Waals surface area (Å²) in [6.07, 6.45) is 2.87. The number of hydrogen-bond acceptors (Lipinski definition) is 5. The molecular weight excluding hydrogens is 210 g/mol. The lowest BCUT2D eigenvalue weighted by molar-refractivity contribution is 0.374. The average molecular weight is 225 g/mol. The fourth-order valence-corrected chi connectivity index (χ4v) is 1.49. The Balaban J connectivity index is 4.16. The second-order valence-electron chi connectivity index (χ2n) is 2.79. The molecule has 0 amide bonds. The third kappa shape index (κ3) is 8.27. The number of aliphatic imine (C=N–C) groups is 1. The van der Waals surface area contributed by atoms with Crippen molar-refractivity contribution in [1.29, 1.82) is 0 Å². The molecule has 0 bridgehead atoms. The summed E-state index contributed by atoms with van der Waals surface area (Å²) in [5, 5.41) is 0.695. The SMILES string of the molecule is CS/C(COS(C)(=O)=O)=N\C(C)C. The first-order valence-corrected chi connectivity index (χ1v) is 6.84. The van der Waals surface area contributed by atoms with E-state index in [2.05, 4.69) is 9.18 Å². The molecule has 0 saturated heterocycles. The van der Waals surface area contributed by atoms with E-state index in [1.165, 1.54) is 11.8 Å². The lowest BCUT2D eigenvalue weighted by Gasteiger charge is -2.04. The van der Waals surface area contributed by atoms with Gasteiger partial charge in [-0.05, 0) is 20.1 Å². The van der Waals surface area contributed by atoms with Crippen LogP contribution in [0.15, 0.2) is 4.99 Å². The van der Waals surface area contributed by atoms with Gasteiger partial charge < -0.3 is 0 Å². The summed E-state index contributed by atoms with van der Waals surface area (Å²) >= 11 is 1.40. The number of thioether (sulfide) groups is 1. The number of nitrogens with zero attached hydrogens (tertiary/aromatic N) is 1. The average Bonchev–Trinajstić information content (AvgIpc) is 1.95. The quantitative estimate of drug-likeness (QED) is 0.409. The Labute approximate surface area is 83.9 Å². The van der Waals surface area contributed by atoms with Gasteiger partial charge >= 0.3 is 0 Å². The largest absolute Gasteiger partial charge is 0.278 e. The van der Waals surface area contributed by atoms with E-state index in [-0.39, 0.29) is 12.6 Å². The normalized spacial score (nSPS) is 13.8. The molecular formula is C7H15NO3S2. The zero-order valence-electron chi connectivity index (χ0n) is 8.27. The van der Waals surface area contributed by atoms with E-state index in [0.717, 1.165) is 6.26 Å². The van der Waals surface area contributed by atoms with Crippen molar-refractivity contribution in [3.63, 3.8) is 0 Å². The molecule has 0 radical (unpaired) electrons. The third-order valence-corrected chi connectivity index (χ3v) is 2.27. The molecule has 0 fully saturated rings. The first kappa shape index (κ1) is 12.9. The summed E-state index contributed by atoms with van der Waals surface area (Å²) in [5.74, 6) is 0. The van der Waals surface area contributed by atoms with Gasteiger partial charge in [0.2, 0.25) is 0 Å². The highest BCUT2D eigenvalue weighted by atomic mass is 32.2. The summed E-state index contributed by atoms with van der Waals surface area (Å²) in [7, 11) is -3.36. The van der Waals surface area contributed by atoms with Crippen LogP contribution in [0.25, 0.3) is 0 Å². The van der Waals surface area contributed by atoms with Crippen LogP contribution in [0.3, 0.4) is 0 Å². The first-order chi connectivity index (χ1) is 5.85. The predicted octanol–water partition coefficient (Wildman–Crippen LogP) is 1.13. The van der Waals surface area contributed by atoms with Crippen LogP contribution in [0, 0.1) is 0 Å². The van der Waals surface area contributed by atoms with Crippen molar-refractivity contribution in [2.45, 2.75) is 19.9 Å². The minimum absolute atomic E-state index is 0.0399. The van der Waals surface area contributed by atoms with Gasteiger partial charge in [-0.1, -0.05) is 0 Å². The number of hydrogen-bond donors (Lipinski definition) is 0. The minimum Gasteiger partial charge on any atom is -0.278 e. The van der Waals surface area contributed by atoms with Crippen LogP contribution in [0.2, 0.25) is 0 Å². The van der Waals surface area contributed by atoms with E-state index >= 15 is 0 Å². The summed E-state index contributed by atoms with van der Waals surface area (Å²) in [4.78, 5) is 4.19. The Morgan fingerprint density at radius 2 is 2.08 bits per heavy atom. The Bertz CT molecular complexity index is 269. The van der Waals surface area contributed by atoms with Gasteiger partial charge in [0, 0.05) is 6.04 Å². The monoisotopic (exact) mass is 225 g/mol. The maximum Gasteiger partial charge on any atom is 0.264 e. The molecule has 0 unspecified atom stereocenters. The first-order valence-electron chi connectivity index (χ1n) is 3.80. The maximum absolute atomic E-state index is 10.7. The molecule has 0 N–H and O–H groups in total. The molecule has 13 heavy (non-hydrogen) atoms. The van der Waals surface area contributed by atoms with Crippen LogP contribution in [0.5, 0.6) is 0 Å². The van der Waals surface area contributed by atoms with Gasteiger partial charge in [0.15, 0.2) is 0 Å². The molecule has 6 heteroatoms. The highest BCUT2D eigenvalue weighted by Gasteiger charge is 2.05. The van der Waals surface area contributed by atoms with E-state index in [9.17, 15) is 8.42 Å². The highest BCUT2D eigenvalue weighted by molar-refractivity contribution is 8.13. The maximum atomic E-state index is 10.7. The van der Waals surface area contributed by atoms with E-state index < -0.39 is 10.1 Å². The fraction of sp³-hybridized carbons (Fsp3) is 0.857. The molecule has 0 atom stereocenters. The molecule has 78 valence electrons. The predicted molar refractivity (Wildman–Crippen MR) is 56.9 cm³/mol. The molecule has 0 aromatic heterocycles. The van der Waals surface area contributed by atoms with E-state index in [4.69, 9.17) is 0 Å². The van der Waals surface area contributed by atoms with Gasteiger partial charge in [-0.15, -0.1) is 11.8 Å². The summed E-state index contributed by atoms with van der Waals surface area (Å²) in [5.41, 5.74) is 0. The molecule has 0 aliphatic rings. The van der Waals surface area contributed by atoms with Crippen LogP contribution in [-0.4, -0.2) is 38.6 Å². The molecule has 0 saturated carbocycles. The third-order valence-electron chi connectivity index (χ3n) is 1.03. The minimum atomic E-state index is -3.36. The van der Waals surface area contributed by atoms with Crippen LogP contribution >= 0.6 is 11.8 Å². The van der Waals surface area contributed by atoms with Crippen molar-refractivity contribution in [3.8, 4) is 0 Å². The molecule has 0 aromatic rings. The van der Waals surface area contributed by atoms with Crippen LogP contribution in [0.4, 0.5) is 0 Å². The fourth-order valence-electron chi connectivity index (χ4n) is 0.594. The lowest BCUT2D eigenvalue weighted by Crippen LogP contribution is -2.12. The van der Waals surface area contributed by atoms with Crippen LogP contribution in [-0.2, 0) is 14.3 Å². The van der Waals surface area contributed by atoms with Crippen molar-refractivity contribution in [2.75, 3.05) is 19.1 Å². The van der Waals surface area contributed by atoms with Crippen LogP contribution in [0.1, 0.15) is 13.8 Å². The standard InChI is InChI=1S/C7H15NO3S2/c1-6(2)8-7(12-3)5-11-13(4,9)10/h6H,5H2,1-4H3/b8-7-. The molecule has 0 heterocycles. The Hall–Kier alpha value is -0.0700. The smallest absolute Gasteiger partial charge is 0.264 e. The Kier molecular flexibility index (Phi) is 5.59. The second-order valence-corrected chi connectivity index (χ2v) is 5.31. The molecule has 0 aromatic carbocycles. The van der Waals surface area contributed by atoms with Crippen molar-refractivity contribution < 1.29 is 12.6 Å². The molecule has 0 aliphatic heterocycles. The van der Waals surface area contributed by atoms with Gasteiger partial charge in [-0.3, -0.25) is 9.18 Å². The summed E-state index contributed by atoms with van der Waals surface area (Å²) < 4.78 is 25.9. The Morgan fingerprint density at radius 1 is 1.54 bits per heavy atom. The van der Waals surface area contributed by atoms with Gasteiger partial charge in [0.25, 0.3) is 10.1 Å². The van der Waals surface area contributed by atoms with Gasteiger partial charge in [0.1, 0.15) is 6.61 Å². The molecule has 0 rings (SSSR count). The second kappa shape index (κ2) is 5.62. The zero-order chi connectivity index (χ0) is 10.5. The summed E-state index contributed by atoms with van der Waals surface area (Å²) in [6, 6.07) is 0.158. The molecule has 0 aliphatic carbocycles. The molecule has 4 nitrogen and oxygen atoms in total. The Morgan fingerprint density at radius 3 is 2.38 bits per heavy atom. The van der Waals surface area contributed by atoms with E-state index in [0.29, 0.717) is 5.04 Å². The van der Waals surface area contributed by atoms with Gasteiger partial charge in [-0.25, -0.2) is 0 Å². The van der Waals surface area contributed by atoms with Crippen molar-refractivity contribution in [3.05, 3.63) is 0 Å². The lowest BCUT2D eigenvalue weighted by atomic mass is 10.4. The van der Waals surface area contributed by atoms with E-state index in [1.54, 1.807) is 0 Å². The molecule has 0 spiro atoms. The summed E-state index contributed by atoms with van der Waals surface area (Å²) in [6.45, 7) is 3.89. The van der Waals surface area contributed by atoms with Crippen molar-refractivity contribution in [1.82, 2.24) is 0 Å². The van der Waals surface area contributed by atoms with Gasteiger partial charge in [0.05, 0.1) is 11.3 Å². The van der Waals surface area contributed by atoms with E-state index in [1.807, 2.05) is 20.1 Å². The highest BCUT2D eigenvalue weighted by Crippen LogP contribution is 2.03. The van der Waals surface area contributed by atoms with Crippen molar-refractivity contribution in [2.24, 2.45) is 4.99 Å². The number of rotatable bonds is 4. The van der Waals surface area contributed by atoms with Crippen LogP contribution < -0.4 is 0 Å². The zero-order valence-corrected chi connectivity index (χ0v) is 9.91.